The van der Waals surface area contributed by atoms with Crippen LogP contribution in [0, 0.1) is 0 Å². The fourth-order valence-corrected chi connectivity index (χ4v) is 8.17. The van der Waals surface area contributed by atoms with Gasteiger partial charge in [-0.05, 0) is 96.3 Å². The number of nitrogens with zero attached hydrogens (tertiary/aromatic N) is 1. The average molecular weight is 1020 g/mol. The Kier molecular flexibility index (Phi) is 50.1. The van der Waals surface area contributed by atoms with Crippen LogP contribution in [0.25, 0.3) is 0 Å². The smallest absolute Gasteiger partial charge is 0.306 e. The van der Waals surface area contributed by atoms with Gasteiger partial charge in [0, 0.05) is 12.8 Å². The molecule has 0 heterocycles. The Morgan fingerprint density at radius 1 is 0.431 bits per heavy atom. The second-order valence-corrected chi connectivity index (χ2v) is 21.3. The van der Waals surface area contributed by atoms with Crippen molar-refractivity contribution >= 4 is 19.8 Å². The van der Waals surface area contributed by atoms with E-state index in [0.717, 1.165) is 103 Å². The minimum Gasteiger partial charge on any atom is -0.756 e. The van der Waals surface area contributed by atoms with Crippen molar-refractivity contribution in [2.45, 2.75) is 225 Å². The van der Waals surface area contributed by atoms with Crippen LogP contribution < -0.4 is 4.89 Å². The molecule has 0 rings (SSSR count). The van der Waals surface area contributed by atoms with Crippen molar-refractivity contribution in [3.8, 4) is 0 Å². The minimum atomic E-state index is -4.64. The summed E-state index contributed by atoms with van der Waals surface area (Å²) in [5.74, 6) is -0.852. The molecule has 0 aliphatic rings. The Bertz CT molecular complexity index is 1580. The number of unbranched alkanes of at least 4 members (excludes halogenated alkanes) is 19. The highest BCUT2D eigenvalue weighted by atomic mass is 31.2. The van der Waals surface area contributed by atoms with E-state index in [1.165, 1.54) is 77.0 Å². The van der Waals surface area contributed by atoms with Crippen LogP contribution in [-0.4, -0.2) is 70.0 Å². The quantitative estimate of drug-likeness (QED) is 0.0195. The summed E-state index contributed by atoms with van der Waals surface area (Å²) in [6, 6.07) is 0. The van der Waals surface area contributed by atoms with Gasteiger partial charge in [-0.3, -0.25) is 14.2 Å². The minimum absolute atomic E-state index is 0.0380. The largest absolute Gasteiger partial charge is 0.756 e. The van der Waals surface area contributed by atoms with E-state index >= 15 is 0 Å². The first-order valence-corrected chi connectivity index (χ1v) is 30.1. The molecular formula is C62H106NO8P. The van der Waals surface area contributed by atoms with Crippen molar-refractivity contribution in [1.82, 2.24) is 0 Å². The van der Waals surface area contributed by atoms with E-state index in [4.69, 9.17) is 18.5 Å². The number of phosphoric acid groups is 1. The molecule has 2 atom stereocenters. The summed E-state index contributed by atoms with van der Waals surface area (Å²) < 4.78 is 34.1. The molecule has 0 aromatic heterocycles. The van der Waals surface area contributed by atoms with Crippen molar-refractivity contribution in [3.05, 3.63) is 109 Å². The normalized spacial score (nSPS) is 14.1. The maximum absolute atomic E-state index is 12.8. The predicted octanol–water partition coefficient (Wildman–Crippen LogP) is 17.2. The van der Waals surface area contributed by atoms with Gasteiger partial charge in [0.05, 0.1) is 27.7 Å². The van der Waals surface area contributed by atoms with Crippen molar-refractivity contribution in [1.29, 1.82) is 0 Å². The third kappa shape index (κ3) is 56.0. The van der Waals surface area contributed by atoms with E-state index in [9.17, 15) is 19.0 Å². The molecule has 9 nitrogen and oxygen atoms in total. The number of carbonyl (C=O) groups is 2. The summed E-state index contributed by atoms with van der Waals surface area (Å²) in [7, 11) is 1.15. The number of esters is 2. The van der Waals surface area contributed by atoms with Gasteiger partial charge in [0.1, 0.15) is 19.8 Å². The number of ether oxygens (including phenoxy) is 2. The van der Waals surface area contributed by atoms with E-state index in [2.05, 4.69) is 123 Å². The molecule has 0 saturated carbocycles. The zero-order valence-corrected chi connectivity index (χ0v) is 47.5. The summed E-state index contributed by atoms with van der Waals surface area (Å²) in [4.78, 5) is 37.8. The SMILES string of the molecule is CC/C=C\C/C=C\C/C=C\C/C=C\C/C=C\C/C=C\CCCCCCCCCCCCCCC(=O)OC(COC(=O)CCCCCCCCC/C=C\C/C=C\C/C=C\CC)COP(=O)([O-])OCC[N+](C)(C)C. The maximum atomic E-state index is 12.8. The molecule has 0 N–H and O–H groups in total. The van der Waals surface area contributed by atoms with Gasteiger partial charge >= 0.3 is 11.9 Å². The predicted molar refractivity (Wildman–Crippen MR) is 305 cm³/mol. The maximum Gasteiger partial charge on any atom is 0.306 e. The van der Waals surface area contributed by atoms with Crippen LogP contribution in [-0.2, 0) is 32.7 Å². The molecule has 72 heavy (non-hydrogen) atoms. The van der Waals surface area contributed by atoms with Crippen LogP contribution >= 0.6 is 7.82 Å². The first kappa shape index (κ1) is 68.7. The van der Waals surface area contributed by atoms with Gasteiger partial charge in [-0.15, -0.1) is 0 Å². The number of hydrogen-bond acceptors (Lipinski definition) is 8. The Labute approximate surface area is 442 Å². The van der Waals surface area contributed by atoms with E-state index < -0.39 is 32.5 Å². The molecule has 10 heteroatoms. The number of quaternary nitrogens is 1. The highest BCUT2D eigenvalue weighted by Crippen LogP contribution is 2.38. The van der Waals surface area contributed by atoms with Gasteiger partial charge in [-0.1, -0.05) is 220 Å². The van der Waals surface area contributed by atoms with Crippen LogP contribution in [0.3, 0.4) is 0 Å². The molecule has 0 aliphatic carbocycles. The Morgan fingerprint density at radius 3 is 1.11 bits per heavy atom. The Balaban J connectivity index is 4.16. The lowest BCUT2D eigenvalue weighted by atomic mass is 10.0. The molecule has 0 fully saturated rings. The van der Waals surface area contributed by atoms with Crippen LogP contribution in [0.1, 0.15) is 219 Å². The van der Waals surface area contributed by atoms with E-state index in [1.54, 1.807) is 0 Å². The van der Waals surface area contributed by atoms with E-state index in [-0.39, 0.29) is 26.1 Å². The number of carbonyl (C=O) groups excluding carboxylic acids is 2. The summed E-state index contributed by atoms with van der Waals surface area (Å²) in [6.45, 7) is 3.99. The topological polar surface area (TPSA) is 111 Å². The first-order chi connectivity index (χ1) is 35.0. The van der Waals surface area contributed by atoms with Crippen molar-refractivity contribution in [3.63, 3.8) is 0 Å². The molecule has 0 spiro atoms. The second kappa shape index (κ2) is 52.5. The lowest BCUT2D eigenvalue weighted by molar-refractivity contribution is -0.870. The average Bonchev–Trinajstić information content (AvgIpc) is 3.34. The number of hydrogen-bond donors (Lipinski definition) is 0. The molecule has 0 aliphatic heterocycles. The molecule has 2 unspecified atom stereocenters. The van der Waals surface area contributed by atoms with Crippen molar-refractivity contribution in [2.24, 2.45) is 0 Å². The summed E-state index contributed by atoms with van der Waals surface area (Å²) in [6.07, 6.45) is 72.7. The van der Waals surface area contributed by atoms with Crippen molar-refractivity contribution < 1.29 is 42.1 Å². The molecule has 0 amide bonds. The summed E-state index contributed by atoms with van der Waals surface area (Å²) in [5.41, 5.74) is 0. The van der Waals surface area contributed by atoms with Crippen LogP contribution in [0.5, 0.6) is 0 Å². The Hall–Kier alpha value is -3.33. The van der Waals surface area contributed by atoms with Crippen molar-refractivity contribution in [2.75, 3.05) is 47.5 Å². The molecule has 0 bridgehead atoms. The van der Waals surface area contributed by atoms with E-state index in [1.807, 2.05) is 21.1 Å². The molecule has 0 aromatic rings. The third-order valence-electron chi connectivity index (χ3n) is 11.8. The monoisotopic (exact) mass is 1020 g/mol. The lowest BCUT2D eigenvalue weighted by Crippen LogP contribution is -2.37. The van der Waals surface area contributed by atoms with Gasteiger partial charge in [-0.2, -0.15) is 0 Å². The van der Waals surface area contributed by atoms with Gasteiger partial charge in [0.2, 0.25) is 0 Å². The molecule has 412 valence electrons. The highest BCUT2D eigenvalue weighted by Gasteiger charge is 2.21. The third-order valence-corrected chi connectivity index (χ3v) is 12.8. The first-order valence-electron chi connectivity index (χ1n) is 28.6. The standard InChI is InChI=1S/C62H106NO8P/c1-6-8-10-12-14-16-18-20-22-24-25-26-27-28-29-30-31-32-33-34-35-36-37-39-41-43-45-47-49-51-53-55-62(65)71-60(59-70-72(66,67)69-57-56-63(3,4)5)58-68-61(64)54-52-50-48-46-44-42-40-38-23-21-19-17-15-13-11-9-7-2/h8-11,14-17,20-23,25-26,28-29,31-32,60H,6-7,12-13,18-19,24,27,30,33-59H2,1-5H3/b10-8-,11-9-,16-14-,17-15-,22-20-,23-21-,26-25-,29-28-,32-31-. The molecule has 0 saturated heterocycles. The Morgan fingerprint density at radius 2 is 0.750 bits per heavy atom. The van der Waals surface area contributed by atoms with Gasteiger partial charge in [0.25, 0.3) is 7.82 Å². The molecule has 0 aromatic carbocycles. The van der Waals surface area contributed by atoms with Crippen LogP contribution in [0.15, 0.2) is 109 Å². The summed E-state index contributed by atoms with van der Waals surface area (Å²) in [5, 5.41) is 0. The van der Waals surface area contributed by atoms with Crippen LogP contribution in [0.4, 0.5) is 0 Å². The highest BCUT2D eigenvalue weighted by molar-refractivity contribution is 7.45. The number of rotatable bonds is 51. The second-order valence-electron chi connectivity index (χ2n) is 19.9. The van der Waals surface area contributed by atoms with Gasteiger partial charge < -0.3 is 27.9 Å². The van der Waals surface area contributed by atoms with E-state index in [0.29, 0.717) is 23.9 Å². The van der Waals surface area contributed by atoms with Gasteiger partial charge in [-0.25, -0.2) is 0 Å². The zero-order valence-electron chi connectivity index (χ0n) is 46.6. The molecule has 0 radical (unpaired) electrons. The number of allylic oxidation sites excluding steroid dienone is 18. The molecular weight excluding hydrogens is 918 g/mol. The van der Waals surface area contributed by atoms with Gasteiger partial charge in [0.15, 0.2) is 6.10 Å². The van der Waals surface area contributed by atoms with Crippen LogP contribution in [0.2, 0.25) is 0 Å². The number of likely N-dealkylation sites (N-methyl/N-ethyl adjacent to an activating group) is 1. The fourth-order valence-electron chi connectivity index (χ4n) is 7.44. The fraction of sp³-hybridized carbons (Fsp3) is 0.677. The summed E-state index contributed by atoms with van der Waals surface area (Å²) >= 11 is 0. The zero-order chi connectivity index (χ0) is 52.7. The lowest BCUT2D eigenvalue weighted by Gasteiger charge is -2.28. The number of phosphoric ester groups is 1.